The summed E-state index contributed by atoms with van der Waals surface area (Å²) < 4.78 is 40.0. The minimum atomic E-state index is -3.95. The van der Waals surface area contributed by atoms with Crippen LogP contribution in [0.15, 0.2) is 57.8 Å². The van der Waals surface area contributed by atoms with E-state index in [9.17, 15) is 18.3 Å². The lowest BCUT2D eigenvalue weighted by molar-refractivity contribution is -0.123. The van der Waals surface area contributed by atoms with Crippen molar-refractivity contribution in [1.29, 1.82) is 0 Å². The molecule has 0 aliphatic rings. The van der Waals surface area contributed by atoms with Gasteiger partial charge < -0.3 is 36.8 Å². The number of aliphatic hydroxyl groups is 1. The maximum atomic E-state index is 13.8. The third-order valence-corrected chi connectivity index (χ3v) is 8.92. The van der Waals surface area contributed by atoms with Gasteiger partial charge in [-0.3, -0.25) is 9.10 Å². The summed E-state index contributed by atoms with van der Waals surface area (Å²) in [6.07, 6.45) is -0.0175. The molecule has 0 saturated carbocycles. The Morgan fingerprint density at radius 2 is 1.86 bits per heavy atom. The van der Waals surface area contributed by atoms with Gasteiger partial charge in [-0.05, 0) is 74.1 Å². The molecule has 8 N–H and O–H groups in total. The van der Waals surface area contributed by atoms with Crippen molar-refractivity contribution >= 4 is 50.1 Å². The summed E-state index contributed by atoms with van der Waals surface area (Å²) in [6, 6.07) is 13.3. The fraction of sp³-hybridized carbons (Fsp3) is 0.355. The summed E-state index contributed by atoms with van der Waals surface area (Å²) in [5.74, 6) is 0.155. The predicted molar refractivity (Wildman–Crippen MR) is 172 cm³/mol. The number of amides is 1. The Hall–Kier alpha value is -4.49. The van der Waals surface area contributed by atoms with Gasteiger partial charge in [0.15, 0.2) is 12.2 Å². The molecule has 1 amide bonds. The van der Waals surface area contributed by atoms with Crippen molar-refractivity contribution in [2.75, 3.05) is 41.2 Å². The number of oxazole rings is 1. The van der Waals surface area contributed by atoms with Crippen LogP contribution < -0.4 is 31.6 Å². The number of anilines is 4. The molecule has 1 atom stereocenters. The van der Waals surface area contributed by atoms with Gasteiger partial charge in [-0.25, -0.2) is 8.42 Å². The lowest BCUT2D eigenvalue weighted by atomic mass is 10.1. The number of aromatic nitrogens is 1. The van der Waals surface area contributed by atoms with Crippen LogP contribution in [0.4, 0.5) is 23.1 Å². The van der Waals surface area contributed by atoms with E-state index in [4.69, 9.17) is 26.4 Å². The van der Waals surface area contributed by atoms with Crippen molar-refractivity contribution in [1.82, 2.24) is 10.3 Å². The summed E-state index contributed by atoms with van der Waals surface area (Å²) in [5.41, 5.74) is 21.9. The molecular formula is C31H40N6O6S. The smallest absolute Gasteiger partial charge is 0.292 e. The molecule has 0 saturated heterocycles. The first-order valence-electron chi connectivity index (χ1n) is 14.3. The van der Waals surface area contributed by atoms with Crippen LogP contribution in [0, 0.1) is 19.8 Å². The number of aryl methyl sites for hydroxylation is 2. The van der Waals surface area contributed by atoms with Gasteiger partial charge >= 0.3 is 0 Å². The zero-order valence-corrected chi connectivity index (χ0v) is 26.1. The number of hydrogen-bond donors (Lipinski definition) is 5. The summed E-state index contributed by atoms with van der Waals surface area (Å²) in [4.78, 5) is 16.5. The van der Waals surface area contributed by atoms with Crippen LogP contribution in [0.5, 0.6) is 5.75 Å². The number of carbonyl (C=O) groups is 1. The minimum absolute atomic E-state index is 0.0339. The highest BCUT2D eigenvalue weighted by molar-refractivity contribution is 7.92. The quantitative estimate of drug-likeness (QED) is 0.137. The van der Waals surface area contributed by atoms with E-state index in [1.807, 2.05) is 26.8 Å². The third kappa shape index (κ3) is 7.53. The topological polar surface area (TPSA) is 200 Å². The Kier molecular flexibility index (Phi) is 9.90. The molecule has 0 fully saturated rings. The zero-order chi connectivity index (χ0) is 32.2. The van der Waals surface area contributed by atoms with E-state index in [0.29, 0.717) is 46.7 Å². The van der Waals surface area contributed by atoms with Gasteiger partial charge in [0.2, 0.25) is 0 Å². The maximum Gasteiger partial charge on any atom is 0.292 e. The first-order chi connectivity index (χ1) is 20.8. The summed E-state index contributed by atoms with van der Waals surface area (Å²) >= 11 is 0. The van der Waals surface area contributed by atoms with Crippen molar-refractivity contribution in [2.45, 2.75) is 51.5 Å². The predicted octanol–water partition coefficient (Wildman–Crippen LogP) is 3.53. The van der Waals surface area contributed by atoms with Gasteiger partial charge in [-0.2, -0.15) is 4.98 Å². The molecule has 1 unspecified atom stereocenters. The van der Waals surface area contributed by atoms with Gasteiger partial charge in [-0.1, -0.05) is 26.0 Å². The van der Waals surface area contributed by atoms with Gasteiger partial charge in [-0.15, -0.1) is 0 Å². The van der Waals surface area contributed by atoms with Crippen LogP contribution in [-0.2, 0) is 21.2 Å². The second-order valence-electron chi connectivity index (χ2n) is 11.2. The third-order valence-electron chi connectivity index (χ3n) is 7.13. The second kappa shape index (κ2) is 13.4. The Morgan fingerprint density at radius 3 is 2.59 bits per heavy atom. The average molecular weight is 625 g/mol. The van der Waals surface area contributed by atoms with E-state index in [-0.39, 0.29) is 48.0 Å². The van der Waals surface area contributed by atoms with E-state index in [2.05, 4.69) is 10.3 Å². The molecule has 236 valence electrons. The molecule has 4 rings (SSSR count). The fourth-order valence-electron chi connectivity index (χ4n) is 4.84. The van der Waals surface area contributed by atoms with Crippen molar-refractivity contribution in [2.24, 2.45) is 5.92 Å². The number of nitrogens with two attached hydrogens (primary N) is 3. The second-order valence-corrected chi connectivity index (χ2v) is 13.1. The standard InChI is InChI=1S/C31H40N6O6S/c1-18(2)16-37(44(40,41)24-10-11-26-27(14-24)43-31(34)36-26)22-7-5-6-21(13-22)8-9-23(38)15-35-28(39)17-42-30-19(3)12-25(32)29(33)20(30)4/h5-7,10-14,18,23,38H,8-9,15-17,32-33H2,1-4H3,(H2,34,36)(H,35,39). The highest BCUT2D eigenvalue weighted by Crippen LogP contribution is 2.32. The molecular weight excluding hydrogens is 584 g/mol. The Morgan fingerprint density at radius 1 is 1.11 bits per heavy atom. The Balaban J connectivity index is 1.37. The van der Waals surface area contributed by atoms with Crippen LogP contribution in [0.3, 0.4) is 0 Å². The SMILES string of the molecule is Cc1cc(N)c(N)c(C)c1OCC(=O)NCC(O)CCc1cccc(N(CC(C)C)S(=O)(=O)c2ccc3nc(N)oc3c2)c1. The Labute approximate surface area is 257 Å². The minimum Gasteiger partial charge on any atom is -0.483 e. The van der Waals surface area contributed by atoms with Crippen molar-refractivity contribution in [3.05, 3.63) is 65.2 Å². The average Bonchev–Trinajstić information content (AvgIpc) is 3.35. The molecule has 0 radical (unpaired) electrons. The van der Waals surface area contributed by atoms with Crippen LogP contribution in [0.1, 0.15) is 37.0 Å². The summed E-state index contributed by atoms with van der Waals surface area (Å²) in [5, 5.41) is 13.2. The largest absolute Gasteiger partial charge is 0.483 e. The molecule has 0 bridgehead atoms. The first kappa shape index (κ1) is 32.4. The van der Waals surface area contributed by atoms with Gasteiger partial charge in [0.25, 0.3) is 21.9 Å². The van der Waals surface area contributed by atoms with E-state index in [0.717, 1.165) is 11.1 Å². The molecule has 0 spiro atoms. The lowest BCUT2D eigenvalue weighted by Crippen LogP contribution is -2.35. The van der Waals surface area contributed by atoms with E-state index < -0.39 is 16.1 Å². The maximum absolute atomic E-state index is 13.8. The van der Waals surface area contributed by atoms with E-state index in [1.54, 1.807) is 37.3 Å². The number of nitrogen functional groups attached to an aromatic ring is 3. The molecule has 1 heterocycles. The molecule has 44 heavy (non-hydrogen) atoms. The van der Waals surface area contributed by atoms with E-state index >= 15 is 0 Å². The fourth-order valence-corrected chi connectivity index (χ4v) is 6.48. The summed E-state index contributed by atoms with van der Waals surface area (Å²) in [6.45, 7) is 7.52. The number of nitrogens with zero attached hydrogens (tertiary/aromatic N) is 2. The normalized spacial score (nSPS) is 12.4. The van der Waals surface area contributed by atoms with Crippen molar-refractivity contribution < 1.29 is 27.5 Å². The molecule has 12 nitrogen and oxygen atoms in total. The van der Waals surface area contributed by atoms with Gasteiger partial charge in [0.1, 0.15) is 11.3 Å². The number of sulfonamides is 1. The number of carbonyl (C=O) groups excluding carboxylic acids is 1. The molecule has 13 heteroatoms. The monoisotopic (exact) mass is 624 g/mol. The zero-order valence-electron chi connectivity index (χ0n) is 25.3. The van der Waals surface area contributed by atoms with Crippen LogP contribution in [0.2, 0.25) is 0 Å². The molecule has 4 aromatic rings. The number of rotatable bonds is 13. The molecule has 3 aromatic carbocycles. The molecule has 1 aromatic heterocycles. The van der Waals surface area contributed by atoms with Crippen molar-refractivity contribution in [3.63, 3.8) is 0 Å². The summed E-state index contributed by atoms with van der Waals surface area (Å²) in [7, 11) is -3.95. The number of benzene rings is 3. The number of nitrogens with one attached hydrogen (secondary N) is 1. The van der Waals surface area contributed by atoms with E-state index in [1.165, 1.54) is 16.4 Å². The highest BCUT2D eigenvalue weighted by atomic mass is 32.2. The number of hydrogen-bond acceptors (Lipinski definition) is 10. The van der Waals surface area contributed by atoms with Gasteiger partial charge in [0, 0.05) is 24.7 Å². The van der Waals surface area contributed by atoms with Crippen molar-refractivity contribution in [3.8, 4) is 5.75 Å². The lowest BCUT2D eigenvalue weighted by Gasteiger charge is -2.26. The Bertz CT molecular complexity index is 1750. The van der Waals surface area contributed by atoms with Crippen LogP contribution in [-0.4, -0.2) is 50.2 Å². The first-order valence-corrected chi connectivity index (χ1v) is 15.7. The van der Waals surface area contributed by atoms with Crippen LogP contribution >= 0.6 is 0 Å². The molecule has 0 aliphatic heterocycles. The number of aliphatic hydroxyl groups excluding tert-OH is 1. The van der Waals surface area contributed by atoms with Crippen LogP contribution in [0.25, 0.3) is 11.1 Å². The highest BCUT2D eigenvalue weighted by Gasteiger charge is 2.27. The number of ether oxygens (including phenoxy) is 1. The molecule has 0 aliphatic carbocycles. The van der Waals surface area contributed by atoms with Gasteiger partial charge in [0.05, 0.1) is 28.1 Å². The number of fused-ring (bicyclic) bond motifs is 1.